The second kappa shape index (κ2) is 8.91. The zero-order valence-corrected chi connectivity index (χ0v) is 19.3. The van der Waals surface area contributed by atoms with E-state index >= 15 is 0 Å². The van der Waals surface area contributed by atoms with E-state index in [2.05, 4.69) is 17.4 Å². The summed E-state index contributed by atoms with van der Waals surface area (Å²) in [5, 5.41) is 12.1. The highest BCUT2D eigenvalue weighted by Crippen LogP contribution is 2.44. The van der Waals surface area contributed by atoms with Gasteiger partial charge in [0.25, 0.3) is 0 Å². The van der Waals surface area contributed by atoms with E-state index in [0.29, 0.717) is 5.56 Å². The molecule has 0 radical (unpaired) electrons. The van der Waals surface area contributed by atoms with E-state index in [-0.39, 0.29) is 31.5 Å². The number of fused-ring (bicyclic) bond motifs is 3. The molecule has 2 N–H and O–H groups in total. The number of nitrogens with zero attached hydrogens (tertiary/aromatic N) is 1. The van der Waals surface area contributed by atoms with Gasteiger partial charge in [0.05, 0.1) is 0 Å². The highest BCUT2D eigenvalue weighted by atomic mass is 16.5. The fraction of sp³-hybridized carbons (Fsp3) is 0.250. The minimum atomic E-state index is -0.972. The highest BCUT2D eigenvalue weighted by molar-refractivity contribution is 5.89. The lowest BCUT2D eigenvalue weighted by atomic mass is 9.81. The molecule has 1 heterocycles. The predicted octanol–water partition coefficient (Wildman–Crippen LogP) is 4.20. The Labute approximate surface area is 203 Å². The molecule has 0 saturated carbocycles. The number of carbonyl (C=O) groups excluding carboxylic acids is 2. The maximum Gasteiger partial charge on any atom is 0.408 e. The fourth-order valence-corrected chi connectivity index (χ4v) is 4.96. The van der Waals surface area contributed by atoms with E-state index in [1.165, 1.54) is 4.90 Å². The number of hydrogen-bond donors (Lipinski definition) is 2. The van der Waals surface area contributed by atoms with Crippen molar-refractivity contribution in [3.8, 4) is 11.1 Å². The van der Waals surface area contributed by atoms with Crippen LogP contribution in [0.1, 0.15) is 35.6 Å². The topological polar surface area (TPSA) is 95.9 Å². The lowest BCUT2D eigenvalue weighted by molar-refractivity contribution is -0.164. The first-order valence-electron chi connectivity index (χ1n) is 11.6. The number of ether oxygens (including phenoxy) is 1. The van der Waals surface area contributed by atoms with Crippen LogP contribution in [0.25, 0.3) is 11.1 Å². The van der Waals surface area contributed by atoms with Gasteiger partial charge in [-0.15, -0.1) is 0 Å². The molecule has 0 bridgehead atoms. The maximum absolute atomic E-state index is 13.2. The minimum absolute atomic E-state index is 0.0920. The smallest absolute Gasteiger partial charge is 0.408 e. The summed E-state index contributed by atoms with van der Waals surface area (Å²) in [6.07, 6.45) is -0.699. The Morgan fingerprint density at radius 1 is 0.943 bits per heavy atom. The first-order chi connectivity index (χ1) is 16.9. The summed E-state index contributed by atoms with van der Waals surface area (Å²) in [6.45, 7) is 1.93. The van der Waals surface area contributed by atoms with Crippen LogP contribution in [0, 0.1) is 5.41 Å². The molecule has 3 aromatic rings. The van der Waals surface area contributed by atoms with Crippen LogP contribution in [-0.2, 0) is 14.3 Å². The summed E-state index contributed by atoms with van der Waals surface area (Å²) >= 11 is 0. The molecule has 1 unspecified atom stereocenters. The third-order valence-corrected chi connectivity index (χ3v) is 6.89. The molecule has 1 aliphatic heterocycles. The largest absolute Gasteiger partial charge is 0.481 e. The molecule has 1 aliphatic carbocycles. The number of amides is 2. The SMILES string of the molecule is CC1(C(=O)O)CN(C(=O)C(NC(=O)OCC2c3ccccc3-c3ccccc32)c2ccccc2)C1. The Morgan fingerprint density at radius 3 is 2.06 bits per heavy atom. The molecule has 0 spiro atoms. The zero-order valence-electron chi connectivity index (χ0n) is 19.3. The summed E-state index contributed by atoms with van der Waals surface area (Å²) in [7, 11) is 0. The molecule has 1 fully saturated rings. The van der Waals surface area contributed by atoms with E-state index in [0.717, 1.165) is 22.3 Å². The van der Waals surface area contributed by atoms with Crippen LogP contribution in [0.2, 0.25) is 0 Å². The minimum Gasteiger partial charge on any atom is -0.481 e. The average Bonchev–Trinajstić information content (AvgIpc) is 3.18. The molecule has 2 aliphatic rings. The van der Waals surface area contributed by atoms with Gasteiger partial charge in [-0.1, -0.05) is 78.9 Å². The van der Waals surface area contributed by atoms with Crippen molar-refractivity contribution in [1.82, 2.24) is 10.2 Å². The summed E-state index contributed by atoms with van der Waals surface area (Å²) < 4.78 is 5.64. The monoisotopic (exact) mass is 470 g/mol. The highest BCUT2D eigenvalue weighted by Gasteiger charge is 2.49. The number of aliphatic carboxylic acids is 1. The molecule has 1 atom stereocenters. The van der Waals surface area contributed by atoms with Gasteiger partial charge in [0.15, 0.2) is 0 Å². The summed E-state index contributed by atoms with van der Waals surface area (Å²) in [4.78, 5) is 39.0. The number of carboxylic acid groups (broad SMARTS) is 1. The molecule has 2 amide bonds. The maximum atomic E-state index is 13.2. The van der Waals surface area contributed by atoms with Gasteiger partial charge >= 0.3 is 12.1 Å². The van der Waals surface area contributed by atoms with Gasteiger partial charge in [-0.3, -0.25) is 9.59 Å². The van der Waals surface area contributed by atoms with E-state index in [9.17, 15) is 19.5 Å². The summed E-state index contributed by atoms with van der Waals surface area (Å²) in [6, 6.07) is 24.1. The van der Waals surface area contributed by atoms with Gasteiger partial charge in [-0.25, -0.2) is 4.79 Å². The number of carboxylic acids is 1. The molecule has 35 heavy (non-hydrogen) atoms. The molecule has 7 heteroatoms. The zero-order chi connectivity index (χ0) is 24.6. The molecule has 1 saturated heterocycles. The van der Waals surface area contributed by atoms with Crippen molar-refractivity contribution < 1.29 is 24.2 Å². The van der Waals surface area contributed by atoms with Crippen molar-refractivity contribution >= 4 is 18.0 Å². The number of nitrogens with one attached hydrogen (secondary N) is 1. The third kappa shape index (κ3) is 4.14. The molecule has 178 valence electrons. The number of likely N-dealkylation sites (tertiary alicyclic amines) is 1. The first-order valence-corrected chi connectivity index (χ1v) is 11.6. The number of rotatable bonds is 6. The Kier molecular flexibility index (Phi) is 5.76. The number of benzene rings is 3. The molecular weight excluding hydrogens is 444 g/mol. The second-order valence-electron chi connectivity index (χ2n) is 9.37. The third-order valence-electron chi connectivity index (χ3n) is 6.89. The van der Waals surface area contributed by atoms with Gasteiger partial charge < -0.3 is 20.1 Å². The number of hydrogen-bond acceptors (Lipinski definition) is 4. The normalized spacial score (nSPS) is 16.4. The van der Waals surface area contributed by atoms with Gasteiger partial charge in [-0.05, 0) is 34.7 Å². The Hall–Kier alpha value is -4.13. The van der Waals surface area contributed by atoms with Crippen molar-refractivity contribution in [1.29, 1.82) is 0 Å². The van der Waals surface area contributed by atoms with Crippen molar-refractivity contribution in [2.45, 2.75) is 18.9 Å². The van der Waals surface area contributed by atoms with E-state index < -0.39 is 23.5 Å². The van der Waals surface area contributed by atoms with Gasteiger partial charge in [0, 0.05) is 19.0 Å². The lowest BCUT2D eigenvalue weighted by Gasteiger charge is -2.46. The van der Waals surface area contributed by atoms with Crippen molar-refractivity contribution in [2.75, 3.05) is 19.7 Å². The van der Waals surface area contributed by atoms with E-state index in [1.54, 1.807) is 31.2 Å². The Balaban J connectivity index is 1.30. The quantitative estimate of drug-likeness (QED) is 0.563. The van der Waals surface area contributed by atoms with Gasteiger partial charge in [0.1, 0.15) is 18.1 Å². The van der Waals surface area contributed by atoms with Crippen LogP contribution in [0.4, 0.5) is 4.79 Å². The molecule has 0 aromatic heterocycles. The average molecular weight is 471 g/mol. The van der Waals surface area contributed by atoms with Crippen LogP contribution in [0.3, 0.4) is 0 Å². The van der Waals surface area contributed by atoms with Crippen LogP contribution < -0.4 is 5.32 Å². The van der Waals surface area contributed by atoms with E-state index in [1.807, 2.05) is 42.5 Å². The first kappa shape index (κ1) is 22.7. The lowest BCUT2D eigenvalue weighted by Crippen LogP contribution is -2.62. The van der Waals surface area contributed by atoms with Crippen LogP contribution in [-0.4, -0.2) is 47.7 Å². The fourth-order valence-electron chi connectivity index (χ4n) is 4.96. The molecule has 3 aromatic carbocycles. The molecular formula is C28H26N2O5. The van der Waals surface area contributed by atoms with Crippen molar-refractivity contribution in [3.63, 3.8) is 0 Å². The number of alkyl carbamates (subject to hydrolysis) is 1. The van der Waals surface area contributed by atoms with Gasteiger partial charge in [-0.2, -0.15) is 0 Å². The van der Waals surface area contributed by atoms with Crippen molar-refractivity contribution in [2.24, 2.45) is 5.41 Å². The van der Waals surface area contributed by atoms with Crippen LogP contribution >= 0.6 is 0 Å². The predicted molar refractivity (Wildman–Crippen MR) is 130 cm³/mol. The second-order valence-corrected chi connectivity index (χ2v) is 9.37. The van der Waals surface area contributed by atoms with Gasteiger partial charge in [0.2, 0.25) is 5.91 Å². The molecule has 7 nitrogen and oxygen atoms in total. The number of carbonyl (C=O) groups is 3. The van der Waals surface area contributed by atoms with Crippen molar-refractivity contribution in [3.05, 3.63) is 95.6 Å². The van der Waals surface area contributed by atoms with E-state index in [4.69, 9.17) is 4.74 Å². The van der Waals surface area contributed by atoms with Crippen LogP contribution in [0.15, 0.2) is 78.9 Å². The summed E-state index contributed by atoms with van der Waals surface area (Å²) in [5.74, 6) is -1.39. The standard InChI is InChI=1S/C28H26N2O5/c1-28(26(32)33)16-30(17-28)25(31)24(18-9-3-2-4-10-18)29-27(34)35-15-23-21-13-7-5-11-19(21)20-12-6-8-14-22(20)23/h2-14,23-24H,15-17H2,1H3,(H,29,34)(H,32,33). The van der Waals surface area contributed by atoms with Crippen LogP contribution in [0.5, 0.6) is 0 Å². The Morgan fingerprint density at radius 2 is 1.49 bits per heavy atom. The molecule has 5 rings (SSSR count). The summed E-state index contributed by atoms with van der Waals surface area (Å²) in [5.41, 5.74) is 4.11. The Bertz CT molecular complexity index is 1240.